The van der Waals surface area contributed by atoms with Gasteiger partial charge in [-0.05, 0) is 33.6 Å². The molecule has 1 amide bonds. The van der Waals surface area contributed by atoms with E-state index in [-0.39, 0.29) is 0 Å². The lowest BCUT2D eigenvalue weighted by atomic mass is 9.97. The minimum atomic E-state index is -4.81. The summed E-state index contributed by atoms with van der Waals surface area (Å²) >= 11 is 0. The number of carboxylic acid groups (broad SMARTS) is 1. The van der Waals surface area contributed by atoms with E-state index < -0.39 is 35.8 Å². The number of aliphatic carboxylic acids is 1. The van der Waals surface area contributed by atoms with E-state index in [9.17, 15) is 22.8 Å². The molecule has 0 rings (SSSR count). The van der Waals surface area contributed by atoms with E-state index in [1.165, 1.54) is 26.8 Å². The summed E-state index contributed by atoms with van der Waals surface area (Å²) in [6.07, 6.45) is 0.170. The zero-order chi connectivity index (χ0) is 19.7. The lowest BCUT2D eigenvalue weighted by molar-refractivity contribution is -0.177. The molecule has 0 bridgehead atoms. The molecule has 0 aromatic heterocycles. The summed E-state index contributed by atoms with van der Waals surface area (Å²) in [4.78, 5) is 22.9. The Morgan fingerprint density at radius 1 is 1.16 bits per heavy atom. The predicted octanol–water partition coefficient (Wildman–Crippen LogP) is 4.67. The fourth-order valence-electron chi connectivity index (χ4n) is 2.08. The van der Waals surface area contributed by atoms with Crippen LogP contribution < -0.4 is 5.32 Å². The maximum atomic E-state index is 13.2. The fourth-order valence-corrected chi connectivity index (χ4v) is 2.08. The summed E-state index contributed by atoms with van der Waals surface area (Å²) in [5.74, 6) is -4.10. The molecule has 0 heterocycles. The molecule has 0 aliphatic rings. The van der Waals surface area contributed by atoms with Crippen LogP contribution in [0.2, 0.25) is 0 Å². The Kier molecular flexibility index (Phi) is 9.59. The Bertz CT molecular complexity index is 456. The summed E-state index contributed by atoms with van der Waals surface area (Å²) in [7, 11) is 0. The van der Waals surface area contributed by atoms with Crippen molar-refractivity contribution in [2.75, 3.05) is 0 Å². The summed E-state index contributed by atoms with van der Waals surface area (Å²) in [6.45, 7) is 6.61. The standard InChI is InChI=1S/C17H28F3NO4/c1-5-6-7-8-9-10-11-12(17(18,19)20)13(14(22)23)21-15(24)25-16(2,3)4/h10-13H,5-9H2,1-4H3,(H,21,24)(H,22,23)/b11-10+/t12-,13-/m0/s1. The van der Waals surface area contributed by atoms with Gasteiger partial charge in [-0.1, -0.05) is 38.3 Å². The van der Waals surface area contributed by atoms with Crippen molar-refractivity contribution in [3.8, 4) is 0 Å². The van der Waals surface area contributed by atoms with Gasteiger partial charge in [-0.25, -0.2) is 9.59 Å². The van der Waals surface area contributed by atoms with Gasteiger partial charge in [0.25, 0.3) is 0 Å². The lowest BCUT2D eigenvalue weighted by Crippen LogP contribution is -2.51. The Morgan fingerprint density at radius 2 is 1.76 bits per heavy atom. The van der Waals surface area contributed by atoms with Gasteiger partial charge < -0.3 is 15.2 Å². The summed E-state index contributed by atoms with van der Waals surface area (Å²) in [5.41, 5.74) is -0.948. The number of carbonyl (C=O) groups is 2. The first-order chi connectivity index (χ1) is 11.4. The third-order valence-corrected chi connectivity index (χ3v) is 3.24. The fraction of sp³-hybridized carbons (Fsp3) is 0.765. The molecule has 0 aliphatic carbocycles. The van der Waals surface area contributed by atoms with E-state index >= 15 is 0 Å². The molecular formula is C17H28F3NO4. The first-order valence-corrected chi connectivity index (χ1v) is 8.34. The predicted molar refractivity (Wildman–Crippen MR) is 88.2 cm³/mol. The van der Waals surface area contributed by atoms with Crippen LogP contribution in [0.4, 0.5) is 18.0 Å². The third-order valence-electron chi connectivity index (χ3n) is 3.24. The highest BCUT2D eigenvalue weighted by atomic mass is 19.4. The highest BCUT2D eigenvalue weighted by molar-refractivity contribution is 5.80. The van der Waals surface area contributed by atoms with Gasteiger partial charge in [0.2, 0.25) is 0 Å². The van der Waals surface area contributed by atoms with E-state index in [0.717, 1.165) is 31.8 Å². The zero-order valence-electron chi connectivity index (χ0n) is 15.2. The zero-order valence-corrected chi connectivity index (χ0v) is 15.2. The number of carbonyl (C=O) groups excluding carboxylic acids is 1. The number of unbranched alkanes of at least 4 members (excludes halogenated alkanes) is 4. The van der Waals surface area contributed by atoms with Crippen molar-refractivity contribution in [3.63, 3.8) is 0 Å². The summed E-state index contributed by atoms with van der Waals surface area (Å²) < 4.78 is 44.6. The van der Waals surface area contributed by atoms with Crippen LogP contribution >= 0.6 is 0 Å². The molecule has 2 atom stereocenters. The summed E-state index contributed by atoms with van der Waals surface area (Å²) in [6, 6.07) is -2.15. The molecule has 146 valence electrons. The molecule has 0 unspecified atom stereocenters. The molecule has 0 spiro atoms. The number of hydrogen-bond donors (Lipinski definition) is 2. The Labute approximate surface area is 146 Å². The van der Waals surface area contributed by atoms with Gasteiger partial charge in [-0.3, -0.25) is 0 Å². The van der Waals surface area contributed by atoms with Crippen LogP contribution in [-0.4, -0.2) is 35.0 Å². The van der Waals surface area contributed by atoms with Gasteiger partial charge in [-0.2, -0.15) is 13.2 Å². The number of alkyl halides is 3. The van der Waals surface area contributed by atoms with E-state index in [1.807, 2.05) is 12.2 Å². The number of hydrogen-bond acceptors (Lipinski definition) is 3. The quantitative estimate of drug-likeness (QED) is 0.459. The van der Waals surface area contributed by atoms with Crippen LogP contribution in [0.1, 0.15) is 59.8 Å². The molecule has 0 saturated heterocycles. The van der Waals surface area contributed by atoms with Gasteiger partial charge >= 0.3 is 18.2 Å². The van der Waals surface area contributed by atoms with Crippen LogP contribution in [0, 0.1) is 5.92 Å². The largest absolute Gasteiger partial charge is 0.480 e. The monoisotopic (exact) mass is 367 g/mol. The molecule has 25 heavy (non-hydrogen) atoms. The molecule has 0 aromatic carbocycles. The van der Waals surface area contributed by atoms with E-state index in [0.29, 0.717) is 6.42 Å². The highest BCUT2D eigenvalue weighted by Gasteiger charge is 2.47. The number of carboxylic acids is 1. The van der Waals surface area contributed by atoms with E-state index in [4.69, 9.17) is 9.84 Å². The van der Waals surface area contributed by atoms with Crippen molar-refractivity contribution < 1.29 is 32.6 Å². The lowest BCUT2D eigenvalue weighted by Gasteiger charge is -2.26. The number of amides is 1. The van der Waals surface area contributed by atoms with E-state index in [1.54, 1.807) is 0 Å². The number of alkyl carbamates (subject to hydrolysis) is 1. The van der Waals surface area contributed by atoms with E-state index in [2.05, 4.69) is 0 Å². The molecule has 0 aliphatic heterocycles. The average molecular weight is 367 g/mol. The normalized spacial score (nSPS) is 15.0. The van der Waals surface area contributed by atoms with Crippen molar-refractivity contribution in [3.05, 3.63) is 12.2 Å². The summed E-state index contributed by atoms with van der Waals surface area (Å²) in [5, 5.41) is 10.9. The second-order valence-corrected chi connectivity index (χ2v) is 6.81. The average Bonchev–Trinajstić information content (AvgIpc) is 2.41. The Balaban J connectivity index is 5.06. The maximum Gasteiger partial charge on any atom is 0.408 e. The highest BCUT2D eigenvalue weighted by Crippen LogP contribution is 2.31. The molecule has 8 heteroatoms. The maximum absolute atomic E-state index is 13.2. The molecule has 5 nitrogen and oxygen atoms in total. The molecule has 0 aromatic rings. The molecule has 0 saturated carbocycles. The Hall–Kier alpha value is -1.73. The van der Waals surface area contributed by atoms with Crippen molar-refractivity contribution >= 4 is 12.1 Å². The minimum Gasteiger partial charge on any atom is -0.480 e. The molecule has 0 radical (unpaired) electrons. The number of nitrogens with one attached hydrogen (secondary N) is 1. The molecular weight excluding hydrogens is 339 g/mol. The third kappa shape index (κ3) is 10.7. The van der Waals surface area contributed by atoms with Crippen molar-refractivity contribution in [1.29, 1.82) is 0 Å². The van der Waals surface area contributed by atoms with Crippen molar-refractivity contribution in [1.82, 2.24) is 5.32 Å². The first kappa shape index (κ1) is 23.3. The van der Waals surface area contributed by atoms with Gasteiger partial charge in [0.05, 0.1) is 0 Å². The van der Waals surface area contributed by atoms with Gasteiger partial charge in [-0.15, -0.1) is 0 Å². The number of ether oxygens (including phenoxy) is 1. The Morgan fingerprint density at radius 3 is 2.20 bits per heavy atom. The number of rotatable bonds is 9. The first-order valence-electron chi connectivity index (χ1n) is 8.34. The second-order valence-electron chi connectivity index (χ2n) is 6.81. The number of allylic oxidation sites excluding steroid dienone is 1. The van der Waals surface area contributed by atoms with Gasteiger partial charge in [0.1, 0.15) is 17.6 Å². The van der Waals surface area contributed by atoms with Crippen molar-refractivity contribution in [2.45, 2.75) is 77.6 Å². The van der Waals surface area contributed by atoms with Gasteiger partial charge in [0.15, 0.2) is 0 Å². The smallest absolute Gasteiger partial charge is 0.408 e. The van der Waals surface area contributed by atoms with Crippen molar-refractivity contribution in [2.24, 2.45) is 5.92 Å². The van der Waals surface area contributed by atoms with Crippen LogP contribution in [-0.2, 0) is 9.53 Å². The molecule has 2 N–H and O–H groups in total. The second kappa shape index (κ2) is 10.3. The topological polar surface area (TPSA) is 75.6 Å². The number of halogens is 3. The molecule has 0 fully saturated rings. The van der Waals surface area contributed by atoms with Crippen LogP contribution in [0.15, 0.2) is 12.2 Å². The minimum absolute atomic E-state index is 0.422. The van der Waals surface area contributed by atoms with Gasteiger partial charge in [0, 0.05) is 0 Å². The SMILES string of the molecule is CCCCCC/C=C/[C@@H]([C@H](NC(=O)OC(C)(C)C)C(=O)O)C(F)(F)F. The van der Waals surface area contributed by atoms with Crippen LogP contribution in [0.25, 0.3) is 0 Å². The van der Waals surface area contributed by atoms with Crippen LogP contribution in [0.3, 0.4) is 0 Å². The van der Waals surface area contributed by atoms with Crippen LogP contribution in [0.5, 0.6) is 0 Å².